The summed E-state index contributed by atoms with van der Waals surface area (Å²) in [4.78, 5) is 12.5. The van der Waals surface area contributed by atoms with Crippen molar-refractivity contribution in [2.75, 3.05) is 28.7 Å². The highest BCUT2D eigenvalue weighted by Gasteiger charge is 2.35. The van der Waals surface area contributed by atoms with Gasteiger partial charge < -0.3 is 4.74 Å². The summed E-state index contributed by atoms with van der Waals surface area (Å²) in [6.45, 7) is 1.76. The SMILES string of the molecule is CSc1nnc(NC(=O)[C@H]2CN(S(C)(=O)=O)c3cc(C)ccc3O2)s1. The highest BCUT2D eigenvalue weighted by molar-refractivity contribution is 8.00. The van der Waals surface area contributed by atoms with E-state index in [1.54, 1.807) is 18.2 Å². The second-order valence-electron chi connectivity index (χ2n) is 5.44. The molecule has 2 aromatic rings. The highest BCUT2D eigenvalue weighted by atomic mass is 32.2. The number of rotatable bonds is 4. The van der Waals surface area contributed by atoms with Crippen LogP contribution in [-0.2, 0) is 14.8 Å². The van der Waals surface area contributed by atoms with E-state index in [9.17, 15) is 13.2 Å². The van der Waals surface area contributed by atoms with E-state index in [0.717, 1.165) is 16.2 Å². The van der Waals surface area contributed by atoms with Crippen LogP contribution in [0.4, 0.5) is 10.8 Å². The Hall–Kier alpha value is -1.85. The van der Waals surface area contributed by atoms with Crippen molar-refractivity contribution in [2.45, 2.75) is 17.4 Å². The maximum absolute atomic E-state index is 12.5. The van der Waals surface area contributed by atoms with E-state index in [2.05, 4.69) is 15.5 Å². The minimum absolute atomic E-state index is 0.102. The molecule has 1 aliphatic rings. The van der Waals surface area contributed by atoms with Crippen LogP contribution in [0.2, 0.25) is 0 Å². The van der Waals surface area contributed by atoms with Gasteiger partial charge >= 0.3 is 0 Å². The van der Waals surface area contributed by atoms with Crippen molar-refractivity contribution < 1.29 is 17.9 Å². The number of carbonyl (C=O) groups is 1. The number of fused-ring (bicyclic) bond motifs is 1. The molecule has 1 amide bonds. The van der Waals surface area contributed by atoms with E-state index in [0.29, 0.717) is 16.6 Å². The molecular weight excluding hydrogens is 384 g/mol. The van der Waals surface area contributed by atoms with Crippen molar-refractivity contribution in [2.24, 2.45) is 0 Å². The number of aryl methyl sites for hydroxylation is 1. The lowest BCUT2D eigenvalue weighted by atomic mass is 10.1. The molecule has 0 bridgehead atoms. The van der Waals surface area contributed by atoms with Crippen LogP contribution in [0.5, 0.6) is 5.75 Å². The molecule has 134 valence electrons. The van der Waals surface area contributed by atoms with Crippen LogP contribution in [-0.4, -0.2) is 49.7 Å². The Bertz CT molecular complexity index is 913. The number of benzene rings is 1. The van der Waals surface area contributed by atoms with Crippen LogP contribution in [0.15, 0.2) is 22.5 Å². The number of sulfonamides is 1. The lowest BCUT2D eigenvalue weighted by Crippen LogP contribution is -2.48. The summed E-state index contributed by atoms with van der Waals surface area (Å²) in [5.41, 5.74) is 1.34. The summed E-state index contributed by atoms with van der Waals surface area (Å²) < 4.78 is 31.9. The molecule has 1 atom stereocenters. The summed E-state index contributed by atoms with van der Waals surface area (Å²) in [7, 11) is -3.55. The molecular formula is C14H16N4O4S3. The maximum Gasteiger partial charge on any atom is 0.269 e. The smallest absolute Gasteiger partial charge is 0.269 e. The normalized spacial score (nSPS) is 16.9. The zero-order valence-corrected chi connectivity index (χ0v) is 16.2. The van der Waals surface area contributed by atoms with Gasteiger partial charge in [0.15, 0.2) is 10.4 Å². The number of nitrogens with zero attached hydrogens (tertiary/aromatic N) is 3. The molecule has 3 rings (SSSR count). The Morgan fingerprint density at radius 1 is 1.44 bits per heavy atom. The molecule has 8 nitrogen and oxygen atoms in total. The van der Waals surface area contributed by atoms with Gasteiger partial charge in [-0.2, -0.15) is 0 Å². The van der Waals surface area contributed by atoms with Gasteiger partial charge in [-0.25, -0.2) is 8.42 Å². The first-order chi connectivity index (χ1) is 11.8. The zero-order valence-electron chi connectivity index (χ0n) is 13.7. The summed E-state index contributed by atoms with van der Waals surface area (Å²) in [5.74, 6) is -0.117. The van der Waals surface area contributed by atoms with Crippen LogP contribution in [0, 0.1) is 6.92 Å². The molecule has 1 aromatic carbocycles. The van der Waals surface area contributed by atoms with Gasteiger partial charge in [0.2, 0.25) is 15.2 Å². The fourth-order valence-electron chi connectivity index (χ4n) is 2.34. The van der Waals surface area contributed by atoms with Crippen LogP contribution in [0.3, 0.4) is 0 Å². The quantitative estimate of drug-likeness (QED) is 0.616. The topological polar surface area (TPSA) is 101 Å². The number of carbonyl (C=O) groups excluding carboxylic acids is 1. The average Bonchev–Trinajstić information content (AvgIpc) is 3.00. The summed E-state index contributed by atoms with van der Waals surface area (Å²) >= 11 is 2.66. The molecule has 1 aromatic heterocycles. The third-order valence-corrected chi connectivity index (χ3v) is 6.45. The van der Waals surface area contributed by atoms with Gasteiger partial charge in [0.1, 0.15) is 5.75 Å². The second-order valence-corrected chi connectivity index (χ2v) is 9.38. The number of hydrogen-bond donors (Lipinski definition) is 1. The van der Waals surface area contributed by atoms with Crippen molar-refractivity contribution in [3.05, 3.63) is 23.8 Å². The summed E-state index contributed by atoms with van der Waals surface area (Å²) in [6, 6.07) is 5.19. The van der Waals surface area contributed by atoms with Gasteiger partial charge in [-0.1, -0.05) is 29.2 Å². The number of ether oxygens (including phenoxy) is 1. The van der Waals surface area contributed by atoms with Gasteiger partial charge in [0, 0.05) is 0 Å². The number of aromatic nitrogens is 2. The standard InChI is InChI=1S/C14H16N4O4S3/c1-8-4-5-10-9(6-8)18(25(3,20)21)7-11(22-10)12(19)15-13-16-17-14(23-2)24-13/h4-6,11H,7H2,1-3H3,(H,15,16,19)/t11-/m1/s1. The van der Waals surface area contributed by atoms with Crippen molar-refractivity contribution >= 4 is 49.8 Å². The first kappa shape index (κ1) is 18.0. The predicted molar refractivity (Wildman–Crippen MR) is 98.1 cm³/mol. The van der Waals surface area contributed by atoms with Gasteiger partial charge in [0.25, 0.3) is 5.91 Å². The van der Waals surface area contributed by atoms with Gasteiger partial charge in [-0.15, -0.1) is 10.2 Å². The third kappa shape index (κ3) is 3.88. The molecule has 0 saturated heterocycles. The number of amides is 1. The summed E-state index contributed by atoms with van der Waals surface area (Å²) in [6.07, 6.45) is 1.99. The highest BCUT2D eigenvalue weighted by Crippen LogP contribution is 2.36. The lowest BCUT2D eigenvalue weighted by molar-refractivity contribution is -0.122. The molecule has 0 radical (unpaired) electrons. The largest absolute Gasteiger partial charge is 0.476 e. The van der Waals surface area contributed by atoms with Crippen molar-refractivity contribution in [1.82, 2.24) is 10.2 Å². The number of hydrogen-bond acceptors (Lipinski definition) is 8. The van der Waals surface area contributed by atoms with E-state index in [-0.39, 0.29) is 6.54 Å². The molecule has 2 heterocycles. The van der Waals surface area contributed by atoms with E-state index in [1.165, 1.54) is 27.4 Å². The van der Waals surface area contributed by atoms with E-state index >= 15 is 0 Å². The molecule has 0 saturated carbocycles. The van der Waals surface area contributed by atoms with Crippen LogP contribution in [0.1, 0.15) is 5.56 Å². The molecule has 1 N–H and O–H groups in total. The van der Waals surface area contributed by atoms with Crippen molar-refractivity contribution in [3.63, 3.8) is 0 Å². The monoisotopic (exact) mass is 400 g/mol. The van der Waals surface area contributed by atoms with Crippen LogP contribution in [0.25, 0.3) is 0 Å². The Morgan fingerprint density at radius 2 is 2.20 bits per heavy atom. The molecule has 0 aliphatic carbocycles. The maximum atomic E-state index is 12.5. The fourth-order valence-corrected chi connectivity index (χ4v) is 4.42. The van der Waals surface area contributed by atoms with Gasteiger partial charge in [0.05, 0.1) is 18.5 Å². The van der Waals surface area contributed by atoms with E-state index in [1.807, 2.05) is 13.2 Å². The molecule has 25 heavy (non-hydrogen) atoms. The van der Waals surface area contributed by atoms with Crippen molar-refractivity contribution in [1.29, 1.82) is 0 Å². The molecule has 1 aliphatic heterocycles. The minimum Gasteiger partial charge on any atom is -0.476 e. The lowest BCUT2D eigenvalue weighted by Gasteiger charge is -2.34. The van der Waals surface area contributed by atoms with E-state index in [4.69, 9.17) is 4.74 Å². The number of nitrogens with one attached hydrogen (secondary N) is 1. The first-order valence-electron chi connectivity index (χ1n) is 7.21. The molecule has 0 spiro atoms. The van der Waals surface area contributed by atoms with E-state index < -0.39 is 22.0 Å². The number of anilines is 2. The third-order valence-electron chi connectivity index (χ3n) is 3.49. The first-order valence-corrected chi connectivity index (χ1v) is 11.1. The molecule has 11 heteroatoms. The van der Waals surface area contributed by atoms with Gasteiger partial charge in [-0.05, 0) is 30.9 Å². The Kier molecular flexibility index (Phi) is 4.89. The Labute approximate surface area is 153 Å². The number of thioether (sulfide) groups is 1. The average molecular weight is 401 g/mol. The van der Waals surface area contributed by atoms with Crippen molar-refractivity contribution in [3.8, 4) is 5.75 Å². The minimum atomic E-state index is -3.55. The van der Waals surface area contributed by atoms with Crippen LogP contribution < -0.4 is 14.4 Å². The Balaban J connectivity index is 1.86. The Morgan fingerprint density at radius 3 is 2.84 bits per heavy atom. The second kappa shape index (κ2) is 6.81. The molecule has 0 unspecified atom stereocenters. The summed E-state index contributed by atoms with van der Waals surface area (Å²) in [5, 5.41) is 10.7. The zero-order chi connectivity index (χ0) is 18.2. The van der Waals surface area contributed by atoms with Crippen LogP contribution >= 0.6 is 23.1 Å². The fraction of sp³-hybridized carbons (Fsp3) is 0.357. The molecule has 0 fully saturated rings. The predicted octanol–water partition coefficient (Wildman–Crippen LogP) is 1.73. The van der Waals surface area contributed by atoms with Gasteiger partial charge in [-0.3, -0.25) is 14.4 Å².